The zero-order valence-corrected chi connectivity index (χ0v) is 7.91. The van der Waals surface area contributed by atoms with E-state index in [4.69, 9.17) is 5.11 Å². The van der Waals surface area contributed by atoms with Crippen LogP contribution in [-0.4, -0.2) is 34.5 Å². The fourth-order valence-electron chi connectivity index (χ4n) is 0.751. The Bertz CT molecular complexity index is 197. The molecule has 0 aromatic heterocycles. The summed E-state index contributed by atoms with van der Waals surface area (Å²) in [5.41, 5.74) is 0. The van der Waals surface area contributed by atoms with Gasteiger partial charge in [0.25, 0.3) is 0 Å². The predicted octanol–water partition coefficient (Wildman–Crippen LogP) is 0.341. The topological polar surface area (TPSA) is 66.4 Å². The van der Waals surface area contributed by atoms with Crippen molar-refractivity contribution in [2.24, 2.45) is 0 Å². The molecule has 0 aliphatic carbocycles. The Balaban J connectivity index is 2.49. The highest BCUT2D eigenvalue weighted by Gasteiger charge is 2.21. The third-order valence-electron chi connectivity index (χ3n) is 1.36. The SMILES string of the molecule is O=C1CCSSC[C@@H](C(=O)O)N1. The van der Waals surface area contributed by atoms with Gasteiger partial charge >= 0.3 is 5.97 Å². The molecule has 0 aromatic carbocycles. The molecule has 0 saturated carbocycles. The van der Waals surface area contributed by atoms with Gasteiger partial charge in [0.2, 0.25) is 5.91 Å². The van der Waals surface area contributed by atoms with E-state index in [1.165, 1.54) is 10.8 Å². The van der Waals surface area contributed by atoms with Crippen molar-refractivity contribution >= 4 is 33.5 Å². The van der Waals surface area contributed by atoms with Crippen LogP contribution in [0.1, 0.15) is 6.42 Å². The molecule has 0 spiro atoms. The third kappa shape index (κ3) is 2.94. The van der Waals surface area contributed by atoms with Crippen LogP contribution in [0.2, 0.25) is 0 Å². The Hall–Kier alpha value is -0.360. The second-order valence-electron chi connectivity index (χ2n) is 2.31. The molecule has 1 atom stereocenters. The van der Waals surface area contributed by atoms with Crippen LogP contribution < -0.4 is 5.32 Å². The molecule has 1 saturated heterocycles. The molecule has 4 nitrogen and oxygen atoms in total. The van der Waals surface area contributed by atoms with Crippen molar-refractivity contribution in [3.05, 3.63) is 0 Å². The highest BCUT2D eigenvalue weighted by Crippen LogP contribution is 2.24. The van der Waals surface area contributed by atoms with Gasteiger partial charge in [-0.25, -0.2) is 4.79 Å². The van der Waals surface area contributed by atoms with E-state index >= 15 is 0 Å². The number of aliphatic carboxylic acids is 1. The van der Waals surface area contributed by atoms with Crippen molar-refractivity contribution in [3.63, 3.8) is 0 Å². The summed E-state index contributed by atoms with van der Waals surface area (Å²) >= 11 is 0. The zero-order chi connectivity index (χ0) is 8.97. The Kier molecular flexibility index (Phi) is 3.74. The summed E-state index contributed by atoms with van der Waals surface area (Å²) in [7, 11) is 3.04. The molecule has 1 aliphatic heterocycles. The molecule has 1 aliphatic rings. The molecule has 1 amide bonds. The van der Waals surface area contributed by atoms with Crippen molar-refractivity contribution in [1.29, 1.82) is 0 Å². The van der Waals surface area contributed by atoms with E-state index in [2.05, 4.69) is 5.32 Å². The van der Waals surface area contributed by atoms with Gasteiger partial charge < -0.3 is 10.4 Å². The maximum Gasteiger partial charge on any atom is 0.327 e. The van der Waals surface area contributed by atoms with Crippen LogP contribution in [0.3, 0.4) is 0 Å². The molecular formula is C6H9NO3S2. The summed E-state index contributed by atoms with van der Waals surface area (Å²) in [4.78, 5) is 21.5. The lowest BCUT2D eigenvalue weighted by atomic mass is 10.3. The average molecular weight is 207 g/mol. The Morgan fingerprint density at radius 2 is 2.33 bits per heavy atom. The van der Waals surface area contributed by atoms with Crippen LogP contribution in [0.4, 0.5) is 0 Å². The first-order valence-corrected chi connectivity index (χ1v) is 5.95. The van der Waals surface area contributed by atoms with Crippen LogP contribution in [0, 0.1) is 0 Å². The molecule has 12 heavy (non-hydrogen) atoms. The van der Waals surface area contributed by atoms with E-state index in [9.17, 15) is 9.59 Å². The minimum absolute atomic E-state index is 0.171. The molecule has 1 rings (SSSR count). The monoisotopic (exact) mass is 207 g/mol. The van der Waals surface area contributed by atoms with E-state index in [1.807, 2.05) is 0 Å². The van der Waals surface area contributed by atoms with Gasteiger partial charge in [-0.05, 0) is 0 Å². The van der Waals surface area contributed by atoms with Crippen molar-refractivity contribution in [2.45, 2.75) is 12.5 Å². The summed E-state index contributed by atoms with van der Waals surface area (Å²) in [5, 5.41) is 11.1. The number of carbonyl (C=O) groups excluding carboxylic acids is 1. The van der Waals surface area contributed by atoms with Crippen molar-refractivity contribution < 1.29 is 14.7 Å². The maximum absolute atomic E-state index is 11.0. The smallest absolute Gasteiger partial charge is 0.327 e. The van der Waals surface area contributed by atoms with E-state index in [-0.39, 0.29) is 5.91 Å². The van der Waals surface area contributed by atoms with Gasteiger partial charge in [-0.2, -0.15) is 0 Å². The second kappa shape index (κ2) is 4.61. The highest BCUT2D eigenvalue weighted by molar-refractivity contribution is 8.76. The normalized spacial score (nSPS) is 25.3. The summed E-state index contributed by atoms with van der Waals surface area (Å²) in [6.07, 6.45) is 0.404. The van der Waals surface area contributed by atoms with Crippen molar-refractivity contribution in [2.75, 3.05) is 11.5 Å². The van der Waals surface area contributed by atoms with Gasteiger partial charge in [0.1, 0.15) is 6.04 Å². The van der Waals surface area contributed by atoms with Crippen molar-refractivity contribution in [3.8, 4) is 0 Å². The van der Waals surface area contributed by atoms with Crippen LogP contribution in [0.15, 0.2) is 0 Å². The maximum atomic E-state index is 11.0. The predicted molar refractivity (Wildman–Crippen MR) is 49.1 cm³/mol. The highest BCUT2D eigenvalue weighted by atomic mass is 33.1. The summed E-state index contributed by atoms with van der Waals surface area (Å²) in [6, 6.07) is -0.727. The zero-order valence-electron chi connectivity index (χ0n) is 6.28. The van der Waals surface area contributed by atoms with Gasteiger partial charge in [0.15, 0.2) is 0 Å². The minimum atomic E-state index is -0.960. The number of hydrogen-bond donors (Lipinski definition) is 2. The third-order valence-corrected chi connectivity index (χ3v) is 3.78. The number of hydrogen-bond acceptors (Lipinski definition) is 4. The van der Waals surface area contributed by atoms with Gasteiger partial charge in [-0.3, -0.25) is 4.79 Å². The molecule has 1 fully saturated rings. The Morgan fingerprint density at radius 3 is 3.00 bits per heavy atom. The lowest BCUT2D eigenvalue weighted by molar-refractivity contribution is -0.141. The quantitative estimate of drug-likeness (QED) is 0.607. The molecule has 0 radical (unpaired) electrons. The number of carbonyl (C=O) groups is 2. The summed E-state index contributed by atoms with van der Waals surface area (Å²) < 4.78 is 0. The van der Waals surface area contributed by atoms with Crippen LogP contribution in [-0.2, 0) is 9.59 Å². The van der Waals surface area contributed by atoms with E-state index in [0.29, 0.717) is 12.2 Å². The summed E-state index contributed by atoms with van der Waals surface area (Å²) in [6.45, 7) is 0. The first kappa shape index (κ1) is 9.73. The number of amides is 1. The van der Waals surface area contributed by atoms with Gasteiger partial charge in [0, 0.05) is 17.9 Å². The van der Waals surface area contributed by atoms with Crippen LogP contribution in [0.25, 0.3) is 0 Å². The minimum Gasteiger partial charge on any atom is -0.480 e. The number of carboxylic acids is 1. The van der Waals surface area contributed by atoms with Gasteiger partial charge in [-0.1, -0.05) is 21.6 Å². The van der Waals surface area contributed by atoms with Gasteiger partial charge in [0.05, 0.1) is 0 Å². The van der Waals surface area contributed by atoms with Crippen LogP contribution in [0.5, 0.6) is 0 Å². The van der Waals surface area contributed by atoms with E-state index in [0.717, 1.165) is 5.75 Å². The van der Waals surface area contributed by atoms with Gasteiger partial charge in [-0.15, -0.1) is 0 Å². The lowest BCUT2D eigenvalue weighted by Crippen LogP contribution is -2.43. The molecule has 0 unspecified atom stereocenters. The van der Waals surface area contributed by atoms with E-state index < -0.39 is 12.0 Å². The molecule has 0 aromatic rings. The largest absolute Gasteiger partial charge is 0.480 e. The fourth-order valence-corrected chi connectivity index (χ4v) is 2.90. The Labute approximate surface area is 77.9 Å². The first-order valence-electron chi connectivity index (χ1n) is 3.47. The molecule has 68 valence electrons. The number of carboxylic acid groups (broad SMARTS) is 1. The van der Waals surface area contributed by atoms with E-state index in [1.54, 1.807) is 10.8 Å². The first-order chi connectivity index (χ1) is 5.70. The Morgan fingerprint density at radius 1 is 1.58 bits per heavy atom. The standard InChI is InChI=1S/C6H9NO3S2/c8-5-1-2-11-12-3-4(7-5)6(9)10/h4H,1-3H2,(H,7,8)(H,9,10)/t4-/m0/s1. The molecular weight excluding hydrogens is 198 g/mol. The summed E-state index contributed by atoms with van der Waals surface area (Å²) in [5.74, 6) is 0.0581. The fraction of sp³-hybridized carbons (Fsp3) is 0.667. The number of nitrogens with one attached hydrogen (secondary N) is 1. The molecule has 0 bridgehead atoms. The average Bonchev–Trinajstić information content (AvgIpc) is 1.95. The molecule has 6 heteroatoms. The lowest BCUT2D eigenvalue weighted by Gasteiger charge is -2.16. The molecule has 1 heterocycles. The molecule has 2 N–H and O–H groups in total. The van der Waals surface area contributed by atoms with Crippen LogP contribution >= 0.6 is 21.6 Å². The number of rotatable bonds is 1. The second-order valence-corrected chi connectivity index (χ2v) is 4.94. The van der Waals surface area contributed by atoms with Crippen molar-refractivity contribution in [1.82, 2.24) is 5.32 Å².